The van der Waals surface area contributed by atoms with Crippen LogP contribution in [-0.2, 0) is 4.79 Å². The SMILES string of the molecule is O=C1NC(=O)/C(=C\c2ccc(-c3ccc(Cl)cc3)cc2)S1. The molecule has 3 rings (SSSR count). The van der Waals surface area contributed by atoms with E-state index in [4.69, 9.17) is 11.6 Å². The Balaban J connectivity index is 1.84. The molecule has 0 atom stereocenters. The van der Waals surface area contributed by atoms with E-state index in [1.54, 1.807) is 6.08 Å². The van der Waals surface area contributed by atoms with E-state index in [0.29, 0.717) is 9.93 Å². The number of benzene rings is 2. The van der Waals surface area contributed by atoms with Gasteiger partial charge in [-0.25, -0.2) is 0 Å². The first-order valence-electron chi connectivity index (χ1n) is 6.23. The fourth-order valence-electron chi connectivity index (χ4n) is 1.99. The minimum absolute atomic E-state index is 0.330. The van der Waals surface area contributed by atoms with Crippen molar-refractivity contribution in [3.05, 3.63) is 64.0 Å². The second-order valence-corrected chi connectivity index (χ2v) is 5.93. The first-order chi connectivity index (χ1) is 10.1. The summed E-state index contributed by atoms with van der Waals surface area (Å²) >= 11 is 6.79. The van der Waals surface area contributed by atoms with Gasteiger partial charge in [-0.05, 0) is 46.7 Å². The monoisotopic (exact) mass is 315 g/mol. The number of rotatable bonds is 2. The lowest BCUT2D eigenvalue weighted by atomic mass is 10.0. The van der Waals surface area contributed by atoms with Crippen LogP contribution in [0.15, 0.2) is 53.4 Å². The molecule has 0 bridgehead atoms. The standard InChI is InChI=1S/C16H10ClNO2S/c17-13-7-5-12(6-8-13)11-3-1-10(2-4-11)9-14-15(19)18-16(20)21-14/h1-9H,(H,18,19,20)/b14-9+. The maximum Gasteiger partial charge on any atom is 0.290 e. The number of nitrogens with one attached hydrogen (secondary N) is 1. The average molecular weight is 316 g/mol. The summed E-state index contributed by atoms with van der Waals surface area (Å²) in [5, 5.41) is 2.61. The molecule has 1 aliphatic heterocycles. The van der Waals surface area contributed by atoms with E-state index in [1.165, 1.54) is 0 Å². The van der Waals surface area contributed by atoms with Gasteiger partial charge >= 0.3 is 0 Å². The van der Waals surface area contributed by atoms with Crippen molar-refractivity contribution in [2.24, 2.45) is 0 Å². The lowest BCUT2D eigenvalue weighted by Crippen LogP contribution is -2.17. The quantitative estimate of drug-likeness (QED) is 0.839. The highest BCUT2D eigenvalue weighted by atomic mass is 35.5. The van der Waals surface area contributed by atoms with Crippen molar-refractivity contribution >= 4 is 40.6 Å². The largest absolute Gasteiger partial charge is 0.290 e. The van der Waals surface area contributed by atoms with Gasteiger partial charge in [0.05, 0.1) is 4.91 Å². The van der Waals surface area contributed by atoms with Gasteiger partial charge in [-0.3, -0.25) is 14.9 Å². The molecule has 0 spiro atoms. The summed E-state index contributed by atoms with van der Waals surface area (Å²) in [5.74, 6) is -0.341. The maximum atomic E-state index is 11.5. The van der Waals surface area contributed by atoms with Crippen molar-refractivity contribution < 1.29 is 9.59 Å². The van der Waals surface area contributed by atoms with Crippen LogP contribution >= 0.6 is 23.4 Å². The minimum atomic E-state index is -0.341. The molecule has 2 amide bonds. The van der Waals surface area contributed by atoms with E-state index in [2.05, 4.69) is 5.32 Å². The second-order valence-electron chi connectivity index (χ2n) is 4.48. The first-order valence-corrected chi connectivity index (χ1v) is 7.42. The molecule has 0 aromatic heterocycles. The Bertz CT molecular complexity index is 736. The highest BCUT2D eigenvalue weighted by Crippen LogP contribution is 2.27. The van der Waals surface area contributed by atoms with E-state index < -0.39 is 0 Å². The molecular formula is C16H10ClNO2S. The zero-order chi connectivity index (χ0) is 14.8. The van der Waals surface area contributed by atoms with Crippen LogP contribution in [0.25, 0.3) is 17.2 Å². The predicted molar refractivity (Wildman–Crippen MR) is 86.0 cm³/mol. The van der Waals surface area contributed by atoms with Crippen LogP contribution in [0.5, 0.6) is 0 Å². The summed E-state index contributed by atoms with van der Waals surface area (Å²) in [6, 6.07) is 15.4. The zero-order valence-corrected chi connectivity index (χ0v) is 12.4. The fraction of sp³-hybridized carbons (Fsp3) is 0. The molecule has 1 saturated heterocycles. The lowest BCUT2D eigenvalue weighted by molar-refractivity contribution is -0.115. The zero-order valence-electron chi connectivity index (χ0n) is 10.8. The molecule has 0 unspecified atom stereocenters. The Kier molecular flexibility index (Phi) is 3.82. The van der Waals surface area contributed by atoms with Crippen LogP contribution in [0.2, 0.25) is 5.02 Å². The second kappa shape index (κ2) is 5.76. The number of carbonyl (C=O) groups excluding carboxylic acids is 2. The third-order valence-electron chi connectivity index (χ3n) is 3.03. The van der Waals surface area contributed by atoms with Gasteiger partial charge in [0.25, 0.3) is 11.1 Å². The number of carbonyl (C=O) groups is 2. The van der Waals surface area contributed by atoms with Crippen molar-refractivity contribution in [1.82, 2.24) is 5.32 Å². The molecule has 3 nitrogen and oxygen atoms in total. The van der Waals surface area contributed by atoms with Crippen LogP contribution < -0.4 is 5.32 Å². The number of thioether (sulfide) groups is 1. The number of amides is 2. The van der Waals surface area contributed by atoms with Crippen molar-refractivity contribution in [1.29, 1.82) is 0 Å². The topological polar surface area (TPSA) is 46.2 Å². The van der Waals surface area contributed by atoms with Gasteiger partial charge in [-0.15, -0.1) is 0 Å². The molecule has 5 heteroatoms. The smallest absolute Gasteiger partial charge is 0.282 e. The van der Waals surface area contributed by atoms with Gasteiger partial charge in [0.2, 0.25) is 0 Å². The number of hydrogen-bond donors (Lipinski definition) is 1. The summed E-state index contributed by atoms with van der Waals surface area (Å²) in [6.45, 7) is 0. The van der Waals surface area contributed by atoms with Crippen molar-refractivity contribution in [3.63, 3.8) is 0 Å². The molecule has 21 heavy (non-hydrogen) atoms. The molecule has 2 aromatic carbocycles. The Labute approximate surface area is 131 Å². The molecule has 0 radical (unpaired) electrons. The number of hydrogen-bond acceptors (Lipinski definition) is 3. The molecule has 1 N–H and O–H groups in total. The van der Waals surface area contributed by atoms with E-state index in [-0.39, 0.29) is 11.1 Å². The van der Waals surface area contributed by atoms with E-state index in [0.717, 1.165) is 28.5 Å². The Morgan fingerprint density at radius 1 is 0.905 bits per heavy atom. The highest BCUT2D eigenvalue weighted by molar-refractivity contribution is 8.18. The van der Waals surface area contributed by atoms with E-state index in [9.17, 15) is 9.59 Å². The molecule has 1 heterocycles. The van der Waals surface area contributed by atoms with Crippen molar-refractivity contribution in [2.45, 2.75) is 0 Å². The summed E-state index contributed by atoms with van der Waals surface area (Å²) in [4.78, 5) is 23.0. The normalized spacial score (nSPS) is 16.3. The molecule has 0 saturated carbocycles. The average Bonchev–Trinajstić information content (AvgIpc) is 2.79. The molecule has 104 valence electrons. The highest BCUT2D eigenvalue weighted by Gasteiger charge is 2.24. The van der Waals surface area contributed by atoms with Gasteiger partial charge in [-0.1, -0.05) is 48.0 Å². The van der Waals surface area contributed by atoms with Gasteiger partial charge in [-0.2, -0.15) is 0 Å². The van der Waals surface area contributed by atoms with Crippen molar-refractivity contribution in [2.75, 3.05) is 0 Å². The predicted octanol–water partition coefficient (Wildman–Crippen LogP) is 4.33. The Hall–Kier alpha value is -2.04. The van der Waals surface area contributed by atoms with Gasteiger partial charge in [0.15, 0.2) is 0 Å². The van der Waals surface area contributed by atoms with Crippen LogP contribution in [0.3, 0.4) is 0 Å². The molecule has 2 aromatic rings. The van der Waals surface area contributed by atoms with Gasteiger partial charge in [0.1, 0.15) is 0 Å². The fourth-order valence-corrected chi connectivity index (χ4v) is 2.79. The summed E-state index contributed by atoms with van der Waals surface area (Å²) in [5.41, 5.74) is 3.01. The molecule has 0 aliphatic carbocycles. The molecule has 1 aliphatic rings. The lowest BCUT2D eigenvalue weighted by Gasteiger charge is -2.03. The Morgan fingerprint density at radius 2 is 1.48 bits per heavy atom. The number of halogens is 1. The molecular weight excluding hydrogens is 306 g/mol. The summed E-state index contributed by atoms with van der Waals surface area (Å²) in [6.07, 6.45) is 1.70. The van der Waals surface area contributed by atoms with Crippen LogP contribution in [-0.4, -0.2) is 11.1 Å². The summed E-state index contributed by atoms with van der Waals surface area (Å²) in [7, 11) is 0. The first kappa shape index (κ1) is 13.9. The van der Waals surface area contributed by atoms with Crippen LogP contribution in [0.1, 0.15) is 5.56 Å². The van der Waals surface area contributed by atoms with Crippen LogP contribution in [0.4, 0.5) is 4.79 Å². The molecule has 1 fully saturated rings. The van der Waals surface area contributed by atoms with E-state index >= 15 is 0 Å². The Morgan fingerprint density at radius 3 is 2.00 bits per heavy atom. The third-order valence-corrected chi connectivity index (χ3v) is 4.09. The number of imide groups is 1. The van der Waals surface area contributed by atoms with Gasteiger partial charge < -0.3 is 0 Å². The van der Waals surface area contributed by atoms with E-state index in [1.807, 2.05) is 48.5 Å². The van der Waals surface area contributed by atoms with Gasteiger partial charge in [0, 0.05) is 5.02 Å². The summed E-state index contributed by atoms with van der Waals surface area (Å²) < 4.78 is 0. The van der Waals surface area contributed by atoms with Crippen molar-refractivity contribution in [3.8, 4) is 11.1 Å². The minimum Gasteiger partial charge on any atom is -0.282 e. The maximum absolute atomic E-state index is 11.5. The van der Waals surface area contributed by atoms with Crippen LogP contribution in [0, 0.1) is 0 Å². The third kappa shape index (κ3) is 3.17.